The number of benzene rings is 1. The molecule has 0 aliphatic rings. The van der Waals surface area contributed by atoms with Gasteiger partial charge in [0.25, 0.3) is 5.56 Å². The van der Waals surface area contributed by atoms with E-state index in [1.165, 1.54) is 0 Å². The topological polar surface area (TPSA) is 48.0 Å². The van der Waals surface area contributed by atoms with Crippen LogP contribution in [0.2, 0.25) is 5.02 Å². The van der Waals surface area contributed by atoms with Crippen molar-refractivity contribution >= 4 is 17.3 Å². The van der Waals surface area contributed by atoms with Crippen LogP contribution in [0.4, 0.5) is 32.0 Å². The fourth-order valence-electron chi connectivity index (χ4n) is 1.83. The first-order valence-electron chi connectivity index (χ1n) is 5.88. The number of nitrogens with two attached hydrogens (primary N) is 1. The second kappa shape index (κ2) is 5.48. The molecule has 2 aromatic rings. The van der Waals surface area contributed by atoms with Crippen molar-refractivity contribution in [3.63, 3.8) is 0 Å². The fraction of sp³-hybridized carbons (Fsp3) is 0.154. The predicted molar refractivity (Wildman–Crippen MR) is 71.5 cm³/mol. The number of nitrogen functional groups attached to an aromatic ring is 1. The zero-order valence-electron chi connectivity index (χ0n) is 11.0. The van der Waals surface area contributed by atoms with E-state index >= 15 is 0 Å². The molecule has 0 aliphatic heterocycles. The lowest BCUT2D eigenvalue weighted by molar-refractivity contribution is -0.138. The summed E-state index contributed by atoms with van der Waals surface area (Å²) in [6.45, 7) is 0. The molecule has 124 valence electrons. The van der Waals surface area contributed by atoms with E-state index < -0.39 is 39.7 Å². The molecule has 0 aliphatic carbocycles. The molecule has 0 fully saturated rings. The Kier molecular flexibility index (Phi) is 4.10. The zero-order chi connectivity index (χ0) is 17.6. The van der Waals surface area contributed by atoms with Gasteiger partial charge in [0.15, 0.2) is 0 Å². The highest BCUT2D eigenvalue weighted by Crippen LogP contribution is 2.33. The number of halogens is 7. The van der Waals surface area contributed by atoms with Gasteiger partial charge in [-0.25, -0.2) is 0 Å². The minimum absolute atomic E-state index is 0.337. The third-order valence-corrected chi connectivity index (χ3v) is 3.19. The molecule has 1 heterocycles. The van der Waals surface area contributed by atoms with Gasteiger partial charge < -0.3 is 5.73 Å². The molecule has 2 N–H and O–H groups in total. The number of hydrogen-bond acceptors (Lipinski definition) is 2. The van der Waals surface area contributed by atoms with Crippen LogP contribution in [-0.2, 0) is 12.4 Å². The number of anilines is 1. The van der Waals surface area contributed by atoms with E-state index in [-0.39, 0.29) is 5.69 Å². The lowest BCUT2D eigenvalue weighted by Gasteiger charge is -2.15. The smallest absolute Gasteiger partial charge is 0.397 e. The molecule has 1 aromatic heterocycles. The zero-order valence-corrected chi connectivity index (χ0v) is 11.7. The summed E-state index contributed by atoms with van der Waals surface area (Å²) in [5, 5.41) is -0.737. The van der Waals surface area contributed by atoms with E-state index in [4.69, 9.17) is 17.3 Å². The van der Waals surface area contributed by atoms with Gasteiger partial charge >= 0.3 is 12.4 Å². The van der Waals surface area contributed by atoms with E-state index in [1.54, 1.807) is 0 Å². The molecular formula is C13H7ClF6N2O. The van der Waals surface area contributed by atoms with Gasteiger partial charge in [-0.2, -0.15) is 26.3 Å². The van der Waals surface area contributed by atoms with Gasteiger partial charge in [-0.05, 0) is 24.3 Å². The lowest BCUT2D eigenvalue weighted by atomic mass is 10.1. The number of pyridine rings is 1. The Hall–Kier alpha value is -2.16. The molecular weight excluding hydrogens is 350 g/mol. The molecule has 1 aromatic carbocycles. The Morgan fingerprint density at radius 3 is 2.00 bits per heavy atom. The molecule has 0 amide bonds. The van der Waals surface area contributed by atoms with Gasteiger partial charge in [-0.3, -0.25) is 9.36 Å². The van der Waals surface area contributed by atoms with Gasteiger partial charge in [0.2, 0.25) is 0 Å². The summed E-state index contributed by atoms with van der Waals surface area (Å²) in [6.07, 6.45) is -9.05. The standard InChI is InChI=1S/C13H7ClF6N2O/c14-8-3-7(13(18,19)20)5-22(11(8)23)10-2-1-6(4-9(10)21)12(15,16)17/h1-5H,21H2. The van der Waals surface area contributed by atoms with Crippen LogP contribution in [0.5, 0.6) is 0 Å². The van der Waals surface area contributed by atoms with Gasteiger partial charge in [0.1, 0.15) is 5.02 Å². The number of nitrogens with zero attached hydrogens (tertiary/aromatic N) is 1. The maximum atomic E-state index is 12.8. The number of rotatable bonds is 1. The highest BCUT2D eigenvalue weighted by molar-refractivity contribution is 6.30. The van der Waals surface area contributed by atoms with E-state index in [0.717, 1.165) is 6.07 Å². The molecule has 0 saturated heterocycles. The second-order valence-electron chi connectivity index (χ2n) is 4.52. The van der Waals surface area contributed by atoms with E-state index in [1.807, 2.05) is 0 Å². The summed E-state index contributed by atoms with van der Waals surface area (Å²) >= 11 is 5.48. The largest absolute Gasteiger partial charge is 0.417 e. The average Bonchev–Trinajstić information content (AvgIpc) is 2.39. The highest BCUT2D eigenvalue weighted by Gasteiger charge is 2.33. The summed E-state index contributed by atoms with van der Waals surface area (Å²) in [6, 6.07) is 2.36. The van der Waals surface area contributed by atoms with E-state index in [2.05, 4.69) is 0 Å². The van der Waals surface area contributed by atoms with Gasteiger partial charge in [-0.1, -0.05) is 11.6 Å². The Morgan fingerprint density at radius 1 is 0.957 bits per heavy atom. The van der Waals surface area contributed by atoms with Gasteiger partial charge in [-0.15, -0.1) is 0 Å². The Balaban J connectivity index is 2.68. The van der Waals surface area contributed by atoms with Crippen molar-refractivity contribution in [2.45, 2.75) is 12.4 Å². The van der Waals surface area contributed by atoms with Crippen molar-refractivity contribution in [3.8, 4) is 5.69 Å². The van der Waals surface area contributed by atoms with Crippen LogP contribution >= 0.6 is 11.6 Å². The first kappa shape index (κ1) is 17.2. The minimum atomic E-state index is -4.79. The molecule has 0 atom stereocenters. The van der Waals surface area contributed by atoms with Crippen LogP contribution in [-0.4, -0.2) is 4.57 Å². The number of alkyl halides is 6. The van der Waals surface area contributed by atoms with Crippen molar-refractivity contribution < 1.29 is 26.3 Å². The fourth-order valence-corrected chi connectivity index (χ4v) is 2.04. The van der Waals surface area contributed by atoms with Gasteiger partial charge in [0, 0.05) is 6.20 Å². The average molecular weight is 357 g/mol. The summed E-state index contributed by atoms with van der Waals surface area (Å²) in [5.41, 5.74) is 1.23. The number of hydrogen-bond donors (Lipinski definition) is 1. The summed E-state index contributed by atoms with van der Waals surface area (Å²) in [4.78, 5) is 11.9. The van der Waals surface area contributed by atoms with Crippen LogP contribution in [0, 0.1) is 0 Å². The van der Waals surface area contributed by atoms with Crippen molar-refractivity contribution in [2.24, 2.45) is 0 Å². The maximum Gasteiger partial charge on any atom is 0.417 e. The molecule has 0 radical (unpaired) electrons. The first-order valence-corrected chi connectivity index (χ1v) is 6.25. The molecule has 0 spiro atoms. The molecule has 0 saturated carbocycles. The third kappa shape index (κ3) is 3.44. The van der Waals surface area contributed by atoms with Crippen LogP contribution in [0.3, 0.4) is 0 Å². The molecule has 23 heavy (non-hydrogen) atoms. The molecule has 2 rings (SSSR count). The van der Waals surface area contributed by atoms with Crippen molar-refractivity contribution in [1.82, 2.24) is 4.57 Å². The summed E-state index contributed by atoms with van der Waals surface area (Å²) in [5.74, 6) is 0. The van der Waals surface area contributed by atoms with E-state index in [0.29, 0.717) is 29.0 Å². The summed E-state index contributed by atoms with van der Waals surface area (Å²) < 4.78 is 76.5. The quantitative estimate of drug-likeness (QED) is 0.617. The first-order chi connectivity index (χ1) is 10.4. The SMILES string of the molecule is Nc1cc(C(F)(F)F)ccc1-n1cc(C(F)(F)F)cc(Cl)c1=O. The van der Waals surface area contributed by atoms with E-state index in [9.17, 15) is 31.1 Å². The normalized spacial score (nSPS) is 12.5. The monoisotopic (exact) mass is 356 g/mol. The van der Waals surface area contributed by atoms with Crippen molar-refractivity contribution in [2.75, 3.05) is 5.73 Å². The number of aromatic nitrogens is 1. The molecule has 3 nitrogen and oxygen atoms in total. The Labute approximate surface area is 129 Å². The predicted octanol–water partition coefficient (Wildman–Crippen LogP) is 4.11. The Morgan fingerprint density at radius 2 is 1.52 bits per heavy atom. The third-order valence-electron chi connectivity index (χ3n) is 2.92. The summed E-state index contributed by atoms with van der Waals surface area (Å²) in [7, 11) is 0. The Bertz CT molecular complexity index is 810. The van der Waals surface area contributed by atoms with Crippen LogP contribution in [0.1, 0.15) is 11.1 Å². The second-order valence-corrected chi connectivity index (χ2v) is 4.93. The highest BCUT2D eigenvalue weighted by atomic mass is 35.5. The molecule has 0 bridgehead atoms. The molecule has 0 unspecified atom stereocenters. The lowest BCUT2D eigenvalue weighted by Crippen LogP contribution is -2.22. The van der Waals surface area contributed by atoms with Crippen molar-refractivity contribution in [1.29, 1.82) is 0 Å². The van der Waals surface area contributed by atoms with Crippen LogP contribution in [0.15, 0.2) is 35.3 Å². The minimum Gasteiger partial charge on any atom is -0.397 e. The van der Waals surface area contributed by atoms with Gasteiger partial charge in [0.05, 0.1) is 22.5 Å². The van der Waals surface area contributed by atoms with Crippen molar-refractivity contribution in [3.05, 3.63) is 57.0 Å². The molecule has 10 heteroatoms. The maximum absolute atomic E-state index is 12.8. The van der Waals surface area contributed by atoms with Crippen LogP contribution < -0.4 is 11.3 Å². The van der Waals surface area contributed by atoms with Crippen LogP contribution in [0.25, 0.3) is 5.69 Å².